The van der Waals surface area contributed by atoms with E-state index in [1.54, 1.807) is 14.2 Å². The summed E-state index contributed by atoms with van der Waals surface area (Å²) < 4.78 is 11.0. The Morgan fingerprint density at radius 2 is 1.76 bits per heavy atom. The molecule has 0 saturated heterocycles. The van der Waals surface area contributed by atoms with Crippen LogP contribution in [0.2, 0.25) is 0 Å². The molecule has 0 heterocycles. The summed E-state index contributed by atoms with van der Waals surface area (Å²) in [6.45, 7) is 2.83. The van der Waals surface area contributed by atoms with E-state index in [1.807, 2.05) is 12.1 Å². The van der Waals surface area contributed by atoms with Gasteiger partial charge >= 0.3 is 0 Å². The summed E-state index contributed by atoms with van der Waals surface area (Å²) in [7, 11) is 3.43. The van der Waals surface area contributed by atoms with Crippen molar-refractivity contribution < 1.29 is 9.47 Å². The van der Waals surface area contributed by atoms with Crippen molar-refractivity contribution in [2.24, 2.45) is 5.73 Å². The van der Waals surface area contributed by atoms with E-state index in [4.69, 9.17) is 15.2 Å². The van der Waals surface area contributed by atoms with Gasteiger partial charge in [-0.05, 0) is 31.4 Å². The molecule has 1 fully saturated rings. The first-order chi connectivity index (χ1) is 8.22. The second-order valence-corrected chi connectivity index (χ2v) is 4.66. The van der Waals surface area contributed by atoms with Crippen LogP contribution in [0, 0.1) is 0 Å². The monoisotopic (exact) mass is 235 g/mol. The molecule has 0 spiro atoms. The van der Waals surface area contributed by atoms with E-state index >= 15 is 0 Å². The van der Waals surface area contributed by atoms with Crippen LogP contribution in [-0.4, -0.2) is 20.8 Å². The van der Waals surface area contributed by atoms with Crippen LogP contribution in [0.25, 0.3) is 0 Å². The number of hydrogen-bond acceptors (Lipinski definition) is 3. The van der Waals surface area contributed by atoms with Crippen LogP contribution in [0.3, 0.4) is 0 Å². The fourth-order valence-electron chi connectivity index (χ4n) is 2.61. The van der Waals surface area contributed by atoms with E-state index in [1.165, 1.54) is 11.1 Å². The Balaban J connectivity index is 2.59. The molecule has 1 aliphatic carbocycles. The summed E-state index contributed by atoms with van der Waals surface area (Å²) in [4.78, 5) is 0. The van der Waals surface area contributed by atoms with Crippen LogP contribution in [0.1, 0.15) is 30.9 Å². The minimum Gasteiger partial charge on any atom is -0.496 e. The molecule has 3 heteroatoms. The molecule has 0 aliphatic heterocycles. The summed E-state index contributed by atoms with van der Waals surface area (Å²) >= 11 is 0. The fraction of sp³-hybridized carbons (Fsp3) is 0.571. The summed E-state index contributed by atoms with van der Waals surface area (Å²) in [6.07, 6.45) is 3.25. The first kappa shape index (κ1) is 12.2. The third-order valence-electron chi connectivity index (χ3n) is 3.80. The van der Waals surface area contributed by atoms with Gasteiger partial charge in [-0.15, -0.1) is 0 Å². The lowest BCUT2D eigenvalue weighted by Gasteiger charge is -2.22. The maximum atomic E-state index is 5.94. The highest BCUT2D eigenvalue weighted by atomic mass is 16.5. The Kier molecular flexibility index (Phi) is 3.29. The maximum Gasteiger partial charge on any atom is 0.123 e. The van der Waals surface area contributed by atoms with Gasteiger partial charge in [-0.25, -0.2) is 0 Å². The largest absolute Gasteiger partial charge is 0.496 e. The molecular formula is C14H21NO2. The molecule has 0 radical (unpaired) electrons. The zero-order valence-electron chi connectivity index (χ0n) is 10.9. The number of nitrogens with two attached hydrogens (primary N) is 1. The Morgan fingerprint density at radius 3 is 2.18 bits per heavy atom. The molecular weight excluding hydrogens is 214 g/mol. The fourth-order valence-corrected chi connectivity index (χ4v) is 2.61. The van der Waals surface area contributed by atoms with Gasteiger partial charge in [0.25, 0.3) is 0 Å². The molecule has 1 aromatic carbocycles. The standard InChI is InChI=1S/C14H21NO2/c1-4-10-11(16-2)5-6-12(17-3)13(10)14(9-15)7-8-14/h5-6H,4,7-9,15H2,1-3H3. The summed E-state index contributed by atoms with van der Waals surface area (Å²) in [5, 5.41) is 0. The van der Waals surface area contributed by atoms with E-state index in [-0.39, 0.29) is 5.41 Å². The Bertz CT molecular complexity index is 411. The molecule has 1 aromatic rings. The van der Waals surface area contributed by atoms with Gasteiger partial charge in [0.1, 0.15) is 11.5 Å². The number of hydrogen-bond donors (Lipinski definition) is 1. The second-order valence-electron chi connectivity index (χ2n) is 4.66. The summed E-state index contributed by atoms with van der Waals surface area (Å²) in [5.41, 5.74) is 8.59. The molecule has 94 valence electrons. The van der Waals surface area contributed by atoms with Crippen LogP contribution in [0.5, 0.6) is 11.5 Å². The highest BCUT2D eigenvalue weighted by Crippen LogP contribution is 2.53. The van der Waals surface area contributed by atoms with Gasteiger partial charge in [-0.3, -0.25) is 0 Å². The Labute approximate surface area is 103 Å². The van der Waals surface area contributed by atoms with Gasteiger partial charge < -0.3 is 15.2 Å². The first-order valence-electron chi connectivity index (χ1n) is 6.16. The molecule has 0 atom stereocenters. The predicted octanol–water partition coefficient (Wildman–Crippen LogP) is 2.26. The average Bonchev–Trinajstić information content (AvgIpc) is 3.17. The molecule has 1 saturated carbocycles. The Morgan fingerprint density at radius 1 is 1.18 bits per heavy atom. The summed E-state index contributed by atoms with van der Waals surface area (Å²) in [5.74, 6) is 1.90. The lowest BCUT2D eigenvalue weighted by molar-refractivity contribution is 0.389. The van der Waals surface area contributed by atoms with Crippen LogP contribution >= 0.6 is 0 Å². The van der Waals surface area contributed by atoms with Gasteiger partial charge in [0.2, 0.25) is 0 Å². The topological polar surface area (TPSA) is 44.5 Å². The van der Waals surface area contributed by atoms with Crippen molar-refractivity contribution in [3.8, 4) is 11.5 Å². The molecule has 1 aliphatic rings. The minimum absolute atomic E-state index is 0.130. The minimum atomic E-state index is 0.130. The number of rotatable bonds is 5. The molecule has 0 aromatic heterocycles. The van der Waals surface area contributed by atoms with Crippen molar-refractivity contribution in [1.82, 2.24) is 0 Å². The maximum absolute atomic E-state index is 5.94. The number of benzene rings is 1. The lowest BCUT2D eigenvalue weighted by atomic mass is 9.88. The van der Waals surface area contributed by atoms with Gasteiger partial charge in [0, 0.05) is 23.1 Å². The smallest absolute Gasteiger partial charge is 0.123 e. The quantitative estimate of drug-likeness (QED) is 0.851. The first-order valence-corrected chi connectivity index (χ1v) is 6.16. The van der Waals surface area contributed by atoms with E-state index < -0.39 is 0 Å². The molecule has 0 amide bonds. The van der Waals surface area contributed by atoms with Crippen LogP contribution < -0.4 is 15.2 Å². The zero-order valence-corrected chi connectivity index (χ0v) is 10.9. The van der Waals surface area contributed by atoms with E-state index in [2.05, 4.69) is 6.92 Å². The molecule has 0 bridgehead atoms. The highest BCUT2D eigenvalue weighted by molar-refractivity contribution is 5.55. The second kappa shape index (κ2) is 4.57. The van der Waals surface area contributed by atoms with Crippen molar-refractivity contribution in [2.75, 3.05) is 20.8 Å². The Hall–Kier alpha value is -1.22. The van der Waals surface area contributed by atoms with Crippen LogP contribution in [0.15, 0.2) is 12.1 Å². The molecule has 3 nitrogen and oxygen atoms in total. The van der Waals surface area contributed by atoms with E-state index in [0.29, 0.717) is 6.54 Å². The third-order valence-corrected chi connectivity index (χ3v) is 3.80. The van der Waals surface area contributed by atoms with E-state index in [0.717, 1.165) is 30.8 Å². The van der Waals surface area contributed by atoms with Gasteiger partial charge in [-0.2, -0.15) is 0 Å². The van der Waals surface area contributed by atoms with Crippen LogP contribution in [-0.2, 0) is 11.8 Å². The zero-order chi connectivity index (χ0) is 12.5. The predicted molar refractivity (Wildman–Crippen MR) is 68.9 cm³/mol. The van der Waals surface area contributed by atoms with Crippen molar-refractivity contribution in [3.05, 3.63) is 23.3 Å². The van der Waals surface area contributed by atoms with Crippen molar-refractivity contribution >= 4 is 0 Å². The average molecular weight is 235 g/mol. The normalized spacial score (nSPS) is 16.7. The number of ether oxygens (including phenoxy) is 2. The number of methoxy groups -OCH3 is 2. The highest BCUT2D eigenvalue weighted by Gasteiger charge is 2.46. The SMILES string of the molecule is CCc1c(OC)ccc(OC)c1C1(CN)CC1. The van der Waals surface area contributed by atoms with Gasteiger partial charge in [-0.1, -0.05) is 6.92 Å². The molecule has 2 rings (SSSR count). The molecule has 0 unspecified atom stereocenters. The van der Waals surface area contributed by atoms with Gasteiger partial charge in [0.15, 0.2) is 0 Å². The van der Waals surface area contributed by atoms with E-state index in [9.17, 15) is 0 Å². The van der Waals surface area contributed by atoms with Crippen molar-refractivity contribution in [3.63, 3.8) is 0 Å². The molecule has 17 heavy (non-hydrogen) atoms. The molecule has 2 N–H and O–H groups in total. The lowest BCUT2D eigenvalue weighted by Crippen LogP contribution is -2.22. The third kappa shape index (κ3) is 1.89. The van der Waals surface area contributed by atoms with Crippen LogP contribution in [0.4, 0.5) is 0 Å². The van der Waals surface area contributed by atoms with Gasteiger partial charge in [0.05, 0.1) is 14.2 Å². The summed E-state index contributed by atoms with van der Waals surface area (Å²) in [6, 6.07) is 3.97. The van der Waals surface area contributed by atoms with Crippen molar-refractivity contribution in [1.29, 1.82) is 0 Å². The van der Waals surface area contributed by atoms with Crippen molar-refractivity contribution in [2.45, 2.75) is 31.6 Å².